The van der Waals surface area contributed by atoms with Crippen LogP contribution in [0.3, 0.4) is 0 Å². The summed E-state index contributed by atoms with van der Waals surface area (Å²) in [4.78, 5) is 32.5. The summed E-state index contributed by atoms with van der Waals surface area (Å²) in [6.45, 7) is 2.56. The van der Waals surface area contributed by atoms with Crippen molar-refractivity contribution in [3.63, 3.8) is 0 Å². The van der Waals surface area contributed by atoms with Crippen molar-refractivity contribution in [2.24, 2.45) is 0 Å². The van der Waals surface area contributed by atoms with E-state index in [1.54, 1.807) is 48.5 Å². The van der Waals surface area contributed by atoms with Gasteiger partial charge in [-0.15, -0.1) is 0 Å². The Balaban J connectivity index is 1.66. The Morgan fingerprint density at radius 1 is 1.05 bits per heavy atom. The van der Waals surface area contributed by atoms with Gasteiger partial charge in [0.1, 0.15) is 23.1 Å². The fourth-order valence-corrected chi connectivity index (χ4v) is 5.22. The number of methoxy groups -OCH3 is 1. The topological polar surface area (TPSA) is 89.0 Å². The maximum Gasteiger partial charge on any atom is 0.301 e. The summed E-state index contributed by atoms with van der Waals surface area (Å²) in [5.74, 6) is -1.18. The maximum absolute atomic E-state index is 13.8. The number of rotatable bonds is 7. The van der Waals surface area contributed by atoms with Crippen molar-refractivity contribution >= 4 is 44.1 Å². The predicted octanol–water partition coefficient (Wildman–Crippen LogP) is 5.86. The van der Waals surface area contributed by atoms with Crippen LogP contribution in [0.5, 0.6) is 11.5 Å². The van der Waals surface area contributed by atoms with Gasteiger partial charge in [0.25, 0.3) is 5.78 Å². The van der Waals surface area contributed by atoms with Gasteiger partial charge in [-0.1, -0.05) is 30.4 Å². The Morgan fingerprint density at radius 3 is 2.43 bits per heavy atom. The van der Waals surface area contributed by atoms with E-state index < -0.39 is 23.5 Å². The average molecular weight is 519 g/mol. The van der Waals surface area contributed by atoms with Gasteiger partial charge in [0.15, 0.2) is 5.13 Å². The number of hydrogen-bond donors (Lipinski definition) is 1. The van der Waals surface area contributed by atoms with Gasteiger partial charge in [-0.2, -0.15) is 0 Å². The summed E-state index contributed by atoms with van der Waals surface area (Å²) in [5, 5.41) is 11.5. The predicted molar refractivity (Wildman–Crippen MR) is 140 cm³/mol. The van der Waals surface area contributed by atoms with Crippen LogP contribution in [0.25, 0.3) is 16.0 Å². The van der Waals surface area contributed by atoms with Crippen LogP contribution in [-0.4, -0.2) is 35.5 Å². The van der Waals surface area contributed by atoms with Gasteiger partial charge in [-0.05, 0) is 66.6 Å². The van der Waals surface area contributed by atoms with Crippen LogP contribution in [0.15, 0.2) is 72.3 Å². The van der Waals surface area contributed by atoms with Crippen LogP contribution in [0.2, 0.25) is 0 Å². The third-order valence-corrected chi connectivity index (χ3v) is 7.04. The molecule has 1 amide bonds. The number of ether oxygens (including phenoxy) is 2. The summed E-state index contributed by atoms with van der Waals surface area (Å²) in [6.07, 6.45) is 0.849. The number of carbonyl (C=O) groups excluding carboxylic acids is 2. The third-order valence-electron chi connectivity index (χ3n) is 6.02. The molecule has 188 valence electrons. The van der Waals surface area contributed by atoms with E-state index in [1.807, 2.05) is 6.92 Å². The average Bonchev–Trinajstić information content (AvgIpc) is 3.45. The molecule has 5 rings (SSSR count). The van der Waals surface area contributed by atoms with Crippen molar-refractivity contribution < 1.29 is 28.6 Å². The first-order valence-electron chi connectivity index (χ1n) is 11.7. The quantitative estimate of drug-likeness (QED) is 0.187. The number of aromatic nitrogens is 1. The molecule has 0 radical (unpaired) electrons. The molecule has 0 saturated carbocycles. The summed E-state index contributed by atoms with van der Waals surface area (Å²) in [7, 11) is 1.53. The zero-order chi connectivity index (χ0) is 26.1. The number of Topliss-reactive ketones (excluding diaryl/α,β-unsaturated/α-hetero) is 1. The number of halogens is 1. The van der Waals surface area contributed by atoms with Gasteiger partial charge >= 0.3 is 5.91 Å². The molecule has 3 aromatic carbocycles. The van der Waals surface area contributed by atoms with Crippen molar-refractivity contribution in [1.29, 1.82) is 0 Å². The number of hydrogen-bond acceptors (Lipinski definition) is 7. The molecular weight excluding hydrogens is 495 g/mol. The first kappa shape index (κ1) is 24.5. The minimum Gasteiger partial charge on any atom is -0.507 e. The Hall–Kier alpha value is -4.24. The van der Waals surface area contributed by atoms with Gasteiger partial charge in [-0.25, -0.2) is 9.37 Å². The SMILES string of the molecule is CCCOc1ccc(C2/C(=C(\O)c3ccc(OC)cc3)C(=O)C(=O)N2c2nc3ccc(F)cc3s2)cc1. The van der Waals surface area contributed by atoms with Crippen molar-refractivity contribution in [2.45, 2.75) is 19.4 Å². The molecule has 0 aliphatic carbocycles. The second-order valence-electron chi connectivity index (χ2n) is 8.42. The number of amides is 1. The van der Waals surface area contributed by atoms with Crippen molar-refractivity contribution in [2.75, 3.05) is 18.6 Å². The van der Waals surface area contributed by atoms with Gasteiger partial charge < -0.3 is 14.6 Å². The van der Waals surface area contributed by atoms with Crippen LogP contribution in [-0.2, 0) is 9.59 Å². The van der Waals surface area contributed by atoms with Gasteiger partial charge in [0, 0.05) is 5.56 Å². The van der Waals surface area contributed by atoms with Crippen LogP contribution >= 0.6 is 11.3 Å². The molecule has 1 aliphatic rings. The fraction of sp³-hybridized carbons (Fsp3) is 0.179. The monoisotopic (exact) mass is 518 g/mol. The lowest BCUT2D eigenvalue weighted by Crippen LogP contribution is -2.29. The molecule has 2 heterocycles. The molecule has 1 aromatic heterocycles. The number of benzene rings is 3. The highest BCUT2D eigenvalue weighted by molar-refractivity contribution is 7.22. The van der Waals surface area contributed by atoms with E-state index in [0.717, 1.165) is 17.8 Å². The molecule has 1 saturated heterocycles. The number of thiazole rings is 1. The highest BCUT2D eigenvalue weighted by Crippen LogP contribution is 2.44. The van der Waals surface area contributed by atoms with E-state index in [2.05, 4.69) is 4.98 Å². The molecule has 4 aromatic rings. The third kappa shape index (κ3) is 4.53. The normalized spacial score (nSPS) is 16.9. The van der Waals surface area contributed by atoms with E-state index in [9.17, 15) is 19.1 Å². The molecule has 0 bridgehead atoms. The summed E-state index contributed by atoms with van der Waals surface area (Å²) in [6, 6.07) is 16.7. The molecule has 1 N–H and O–H groups in total. The van der Waals surface area contributed by atoms with Crippen LogP contribution in [0.1, 0.15) is 30.5 Å². The van der Waals surface area contributed by atoms with Crippen molar-refractivity contribution in [1.82, 2.24) is 4.98 Å². The fourth-order valence-electron chi connectivity index (χ4n) is 4.21. The van der Waals surface area contributed by atoms with Crippen LogP contribution < -0.4 is 14.4 Å². The Morgan fingerprint density at radius 2 is 1.76 bits per heavy atom. The Labute approximate surface area is 216 Å². The first-order chi connectivity index (χ1) is 17.9. The Bertz CT molecular complexity index is 1510. The highest BCUT2D eigenvalue weighted by atomic mass is 32.1. The van der Waals surface area contributed by atoms with Gasteiger partial charge in [0.2, 0.25) is 0 Å². The van der Waals surface area contributed by atoms with E-state index in [1.165, 1.54) is 30.2 Å². The molecule has 9 heteroatoms. The highest BCUT2D eigenvalue weighted by Gasteiger charge is 2.48. The zero-order valence-electron chi connectivity index (χ0n) is 20.1. The van der Waals surface area contributed by atoms with Crippen molar-refractivity contribution in [3.05, 3.63) is 89.2 Å². The minimum absolute atomic E-state index is 0.0668. The second-order valence-corrected chi connectivity index (χ2v) is 9.43. The number of nitrogens with zero attached hydrogens (tertiary/aromatic N) is 2. The Kier molecular flexibility index (Phi) is 6.62. The smallest absolute Gasteiger partial charge is 0.301 e. The van der Waals surface area contributed by atoms with Crippen LogP contribution in [0.4, 0.5) is 9.52 Å². The molecule has 7 nitrogen and oxygen atoms in total. The summed E-state index contributed by atoms with van der Waals surface area (Å²) < 4.78 is 25.2. The van der Waals surface area contributed by atoms with E-state index in [-0.39, 0.29) is 16.5 Å². The number of aliphatic hydroxyl groups excluding tert-OH is 1. The van der Waals surface area contributed by atoms with E-state index in [0.29, 0.717) is 39.4 Å². The molecule has 1 unspecified atom stereocenters. The first-order valence-corrected chi connectivity index (χ1v) is 12.5. The lowest BCUT2D eigenvalue weighted by atomic mass is 9.95. The van der Waals surface area contributed by atoms with Gasteiger partial charge in [0.05, 0.1) is 35.5 Å². The lowest BCUT2D eigenvalue weighted by Gasteiger charge is -2.23. The molecule has 1 aliphatic heterocycles. The number of ketones is 1. The standard InChI is InChI=1S/C28H23FN2O5S/c1-3-14-36-20-11-4-16(5-12-20)24-23(25(32)17-6-9-19(35-2)10-7-17)26(33)27(34)31(24)28-30-21-13-8-18(29)15-22(21)37-28/h4-13,15,24,32H,3,14H2,1-2H3/b25-23+. The molecular formula is C28H23FN2O5S. The minimum atomic E-state index is -0.951. The van der Waals surface area contributed by atoms with E-state index >= 15 is 0 Å². The number of anilines is 1. The number of aliphatic hydroxyl groups is 1. The van der Waals surface area contributed by atoms with E-state index in [4.69, 9.17) is 9.47 Å². The molecule has 37 heavy (non-hydrogen) atoms. The van der Waals surface area contributed by atoms with Gasteiger partial charge in [-0.3, -0.25) is 14.5 Å². The largest absolute Gasteiger partial charge is 0.507 e. The summed E-state index contributed by atoms with van der Waals surface area (Å²) >= 11 is 1.10. The second kappa shape index (κ2) is 10.0. The lowest BCUT2D eigenvalue weighted by molar-refractivity contribution is -0.132. The number of fused-ring (bicyclic) bond motifs is 1. The van der Waals surface area contributed by atoms with Crippen LogP contribution in [0, 0.1) is 5.82 Å². The summed E-state index contributed by atoms with van der Waals surface area (Å²) in [5.41, 5.74) is 1.38. The van der Waals surface area contributed by atoms with Crippen molar-refractivity contribution in [3.8, 4) is 11.5 Å². The number of carbonyl (C=O) groups is 2. The molecule has 1 fully saturated rings. The molecule has 0 spiro atoms. The maximum atomic E-state index is 13.8. The molecule has 1 atom stereocenters. The zero-order valence-corrected chi connectivity index (χ0v) is 20.9.